The number of unbranched alkanes of at least 4 members (excludes halogenated alkanes) is 2. The van der Waals surface area contributed by atoms with E-state index in [-0.39, 0.29) is 17.7 Å². The number of oxazole rings is 1. The van der Waals surface area contributed by atoms with Gasteiger partial charge < -0.3 is 14.6 Å². The van der Waals surface area contributed by atoms with Crippen molar-refractivity contribution in [1.29, 1.82) is 0 Å². The summed E-state index contributed by atoms with van der Waals surface area (Å²) < 4.78 is 6.11. The Balaban J connectivity index is 1.58. The maximum atomic E-state index is 12.7. The number of likely N-dealkylation sites (tertiary alicyclic amines) is 1. The molecule has 1 saturated heterocycles. The zero-order valence-corrected chi connectivity index (χ0v) is 19.5. The Morgan fingerprint density at radius 1 is 1.16 bits per heavy atom. The molecule has 1 aromatic heterocycles. The van der Waals surface area contributed by atoms with Gasteiger partial charge in [-0.15, -0.1) is 0 Å². The molecule has 1 unspecified atom stereocenters. The van der Waals surface area contributed by atoms with E-state index >= 15 is 0 Å². The summed E-state index contributed by atoms with van der Waals surface area (Å²) in [6, 6.07) is 9.95. The molecule has 1 aromatic carbocycles. The Hall–Kier alpha value is -2.47. The lowest BCUT2D eigenvalue weighted by Gasteiger charge is -2.28. The lowest BCUT2D eigenvalue weighted by atomic mass is 9.95. The van der Waals surface area contributed by atoms with Crippen molar-refractivity contribution in [2.45, 2.75) is 64.2 Å². The van der Waals surface area contributed by atoms with Gasteiger partial charge in [0.05, 0.1) is 12.1 Å². The number of rotatable bonds is 12. The van der Waals surface area contributed by atoms with Crippen LogP contribution in [0.4, 0.5) is 0 Å². The number of ketones is 1. The Labute approximate surface area is 191 Å². The molecule has 2 heterocycles. The fourth-order valence-electron chi connectivity index (χ4n) is 4.23. The van der Waals surface area contributed by atoms with Crippen LogP contribution in [0.2, 0.25) is 0 Å². The van der Waals surface area contributed by atoms with E-state index in [1.165, 1.54) is 0 Å². The maximum Gasteiger partial charge on any atom is 0.223 e. The topological polar surface area (TPSA) is 75.4 Å². The third-order valence-corrected chi connectivity index (χ3v) is 6.45. The van der Waals surface area contributed by atoms with Gasteiger partial charge in [0, 0.05) is 30.9 Å². The van der Waals surface area contributed by atoms with Crippen molar-refractivity contribution in [2.24, 2.45) is 5.92 Å². The summed E-state index contributed by atoms with van der Waals surface area (Å²) in [5, 5.41) is 3.17. The van der Waals surface area contributed by atoms with E-state index in [0.717, 1.165) is 62.9 Å². The first-order chi connectivity index (χ1) is 15.6. The zero-order valence-electron chi connectivity index (χ0n) is 19.5. The minimum atomic E-state index is 0.0320. The summed E-state index contributed by atoms with van der Waals surface area (Å²) in [5.41, 5.74) is 0.999. The van der Waals surface area contributed by atoms with Crippen LogP contribution in [0, 0.1) is 5.92 Å². The minimum Gasteiger partial charge on any atom is -0.440 e. The number of benzene rings is 1. The van der Waals surface area contributed by atoms with Crippen LogP contribution in [0.25, 0.3) is 11.3 Å². The molecule has 1 amide bonds. The highest BCUT2D eigenvalue weighted by Crippen LogP contribution is 2.27. The summed E-state index contributed by atoms with van der Waals surface area (Å²) in [5.74, 6) is 2.03. The largest absolute Gasteiger partial charge is 0.440 e. The molecule has 2 aromatic rings. The fraction of sp³-hybridized carbons (Fsp3) is 0.577. The standard InChI is InChI=1S/C26H37N3O3/c1-3-23(30)13-9-5-8-12-22(18-27-25(31)21-14-16-29(2)17-15-21)26-28-19-24(32-26)20-10-6-4-7-11-20/h4,6-7,10-11,19,21-22H,3,5,8-9,12-18H2,1-2H3,(H,27,31). The van der Waals surface area contributed by atoms with E-state index in [2.05, 4.69) is 22.2 Å². The van der Waals surface area contributed by atoms with Crippen molar-refractivity contribution >= 4 is 11.7 Å². The quantitative estimate of drug-likeness (QED) is 0.480. The predicted molar refractivity (Wildman–Crippen MR) is 126 cm³/mol. The van der Waals surface area contributed by atoms with Crippen LogP contribution < -0.4 is 5.32 Å². The van der Waals surface area contributed by atoms with Gasteiger partial charge in [-0.2, -0.15) is 0 Å². The molecule has 1 fully saturated rings. The molecule has 0 radical (unpaired) electrons. The highest BCUT2D eigenvalue weighted by Gasteiger charge is 2.25. The van der Waals surface area contributed by atoms with E-state index in [1.54, 1.807) is 6.20 Å². The van der Waals surface area contributed by atoms with E-state index in [0.29, 0.717) is 31.1 Å². The average Bonchev–Trinajstić information content (AvgIpc) is 3.31. The van der Waals surface area contributed by atoms with Crippen LogP contribution in [0.5, 0.6) is 0 Å². The number of aromatic nitrogens is 1. The van der Waals surface area contributed by atoms with Gasteiger partial charge in [-0.1, -0.05) is 50.1 Å². The molecule has 0 saturated carbocycles. The van der Waals surface area contributed by atoms with Crippen LogP contribution in [0.1, 0.15) is 70.1 Å². The monoisotopic (exact) mass is 439 g/mol. The molecular weight excluding hydrogens is 402 g/mol. The van der Waals surface area contributed by atoms with Gasteiger partial charge in [0.1, 0.15) is 5.78 Å². The molecule has 0 spiro atoms. The first kappa shape index (κ1) is 24.2. The van der Waals surface area contributed by atoms with Crippen LogP contribution in [0.3, 0.4) is 0 Å². The van der Waals surface area contributed by atoms with Gasteiger partial charge in [0.15, 0.2) is 11.7 Å². The lowest BCUT2D eigenvalue weighted by Crippen LogP contribution is -2.40. The average molecular weight is 440 g/mol. The molecule has 3 rings (SSSR count). The van der Waals surface area contributed by atoms with E-state index in [1.807, 2.05) is 37.3 Å². The highest BCUT2D eigenvalue weighted by molar-refractivity contribution is 5.78. The molecule has 0 aliphatic carbocycles. The van der Waals surface area contributed by atoms with E-state index < -0.39 is 0 Å². The second-order valence-corrected chi connectivity index (χ2v) is 8.94. The van der Waals surface area contributed by atoms with Gasteiger partial charge in [0.2, 0.25) is 5.91 Å². The maximum absolute atomic E-state index is 12.7. The first-order valence-electron chi connectivity index (χ1n) is 12.1. The number of amides is 1. The molecule has 6 heteroatoms. The second-order valence-electron chi connectivity index (χ2n) is 8.94. The highest BCUT2D eigenvalue weighted by atomic mass is 16.4. The van der Waals surface area contributed by atoms with Crippen LogP contribution >= 0.6 is 0 Å². The van der Waals surface area contributed by atoms with E-state index in [4.69, 9.17) is 4.42 Å². The zero-order chi connectivity index (χ0) is 22.8. The third kappa shape index (κ3) is 7.30. The van der Waals surface area contributed by atoms with Gasteiger partial charge in [-0.05, 0) is 45.8 Å². The number of piperidine rings is 1. The molecular formula is C26H37N3O3. The van der Waals surface area contributed by atoms with Crippen LogP contribution in [-0.2, 0) is 9.59 Å². The minimum absolute atomic E-state index is 0.0320. The summed E-state index contributed by atoms with van der Waals surface area (Å²) in [4.78, 5) is 31.1. The second kappa shape index (κ2) is 12.5. The van der Waals surface area contributed by atoms with Crippen LogP contribution in [-0.4, -0.2) is 48.3 Å². The summed E-state index contributed by atoms with van der Waals surface area (Å²) >= 11 is 0. The molecule has 1 N–H and O–H groups in total. The number of Topliss-reactive ketones (excluding diaryl/α,β-unsaturated/α-hetero) is 1. The fourth-order valence-corrected chi connectivity index (χ4v) is 4.23. The Kier molecular flexibility index (Phi) is 9.47. The first-order valence-corrected chi connectivity index (χ1v) is 12.1. The SMILES string of the molecule is CCC(=O)CCCCCC(CNC(=O)C1CCN(C)CC1)c1ncc(-c2ccccc2)o1. The van der Waals surface area contributed by atoms with Crippen molar-refractivity contribution in [1.82, 2.24) is 15.2 Å². The Morgan fingerprint density at radius 3 is 2.62 bits per heavy atom. The molecule has 1 atom stereocenters. The molecule has 174 valence electrons. The molecule has 32 heavy (non-hydrogen) atoms. The van der Waals surface area contributed by atoms with Crippen LogP contribution in [0.15, 0.2) is 40.9 Å². The number of nitrogens with zero attached hydrogens (tertiary/aromatic N) is 2. The van der Waals surface area contributed by atoms with Gasteiger partial charge >= 0.3 is 0 Å². The molecule has 0 bridgehead atoms. The predicted octanol–water partition coefficient (Wildman–Crippen LogP) is 4.81. The van der Waals surface area contributed by atoms with Crippen molar-refractivity contribution in [2.75, 3.05) is 26.7 Å². The van der Waals surface area contributed by atoms with Crippen molar-refractivity contribution in [3.05, 3.63) is 42.4 Å². The van der Waals surface area contributed by atoms with Gasteiger partial charge in [-0.3, -0.25) is 9.59 Å². The number of hydrogen-bond donors (Lipinski definition) is 1. The number of hydrogen-bond acceptors (Lipinski definition) is 5. The van der Waals surface area contributed by atoms with Gasteiger partial charge in [0.25, 0.3) is 0 Å². The normalized spacial score (nSPS) is 16.1. The van der Waals surface area contributed by atoms with Crippen molar-refractivity contribution in [3.63, 3.8) is 0 Å². The smallest absolute Gasteiger partial charge is 0.223 e. The number of nitrogens with one attached hydrogen (secondary N) is 1. The summed E-state index contributed by atoms with van der Waals surface area (Å²) in [6.07, 6.45) is 8.65. The Morgan fingerprint density at radius 2 is 1.91 bits per heavy atom. The number of carbonyl (C=O) groups excluding carboxylic acids is 2. The number of carbonyl (C=O) groups is 2. The van der Waals surface area contributed by atoms with E-state index in [9.17, 15) is 9.59 Å². The molecule has 1 aliphatic rings. The van der Waals surface area contributed by atoms with Crippen molar-refractivity contribution < 1.29 is 14.0 Å². The Bertz CT molecular complexity index is 841. The van der Waals surface area contributed by atoms with Gasteiger partial charge in [-0.25, -0.2) is 4.98 Å². The summed E-state index contributed by atoms with van der Waals surface area (Å²) in [7, 11) is 2.10. The third-order valence-electron chi connectivity index (χ3n) is 6.45. The summed E-state index contributed by atoms with van der Waals surface area (Å²) in [6.45, 7) is 4.39. The molecule has 6 nitrogen and oxygen atoms in total. The van der Waals surface area contributed by atoms with Crippen molar-refractivity contribution in [3.8, 4) is 11.3 Å². The lowest BCUT2D eigenvalue weighted by molar-refractivity contribution is -0.126. The molecule has 1 aliphatic heterocycles.